The van der Waals surface area contributed by atoms with E-state index in [0.717, 1.165) is 0 Å². The molecule has 0 spiro atoms. The van der Waals surface area contributed by atoms with Gasteiger partial charge in [-0.15, -0.1) is 0 Å². The summed E-state index contributed by atoms with van der Waals surface area (Å²) in [5, 5.41) is 3.34. The third kappa shape index (κ3) is 2.40. The summed E-state index contributed by atoms with van der Waals surface area (Å²) >= 11 is 0. The lowest BCUT2D eigenvalue weighted by Gasteiger charge is -2.42. The van der Waals surface area contributed by atoms with Crippen LogP contribution in [0, 0.1) is 12.3 Å². The Morgan fingerprint density at radius 1 is 1.20 bits per heavy atom. The molecular weight excluding hydrogens is 182 g/mol. The largest absolute Gasteiger partial charge is 0.319 e. The predicted molar refractivity (Wildman–Crippen MR) is 65.1 cm³/mol. The third-order valence-electron chi connectivity index (χ3n) is 3.67. The highest BCUT2D eigenvalue weighted by Gasteiger charge is 2.35. The topological polar surface area (TPSA) is 12.0 Å². The van der Waals surface area contributed by atoms with Crippen molar-refractivity contribution < 1.29 is 0 Å². The Kier molecular flexibility index (Phi) is 3.11. The Morgan fingerprint density at radius 2 is 1.87 bits per heavy atom. The van der Waals surface area contributed by atoms with Gasteiger partial charge in [0, 0.05) is 6.54 Å². The van der Waals surface area contributed by atoms with Gasteiger partial charge in [0.15, 0.2) is 0 Å². The fourth-order valence-corrected chi connectivity index (χ4v) is 2.61. The lowest BCUT2D eigenvalue weighted by atomic mass is 9.65. The zero-order valence-corrected chi connectivity index (χ0v) is 9.84. The van der Waals surface area contributed by atoms with Crippen molar-refractivity contribution in [3.05, 3.63) is 35.4 Å². The molecule has 0 unspecified atom stereocenters. The van der Waals surface area contributed by atoms with Crippen LogP contribution in [-0.2, 0) is 6.42 Å². The summed E-state index contributed by atoms with van der Waals surface area (Å²) in [6.45, 7) is 3.32. The smallest absolute Gasteiger partial charge is 0.000799 e. The molecule has 0 radical (unpaired) electrons. The first-order valence-electron chi connectivity index (χ1n) is 5.94. The van der Waals surface area contributed by atoms with Crippen LogP contribution in [0.25, 0.3) is 0 Å². The summed E-state index contributed by atoms with van der Waals surface area (Å²) in [6.07, 6.45) is 5.44. The van der Waals surface area contributed by atoms with Gasteiger partial charge in [-0.05, 0) is 44.2 Å². The molecule has 0 aromatic heterocycles. The summed E-state index contributed by atoms with van der Waals surface area (Å²) in [6, 6.07) is 9.01. The zero-order valence-electron chi connectivity index (χ0n) is 9.84. The molecular formula is C14H21N. The van der Waals surface area contributed by atoms with Crippen molar-refractivity contribution in [3.63, 3.8) is 0 Å². The van der Waals surface area contributed by atoms with E-state index in [2.05, 4.69) is 43.6 Å². The Morgan fingerprint density at radius 3 is 2.33 bits per heavy atom. The van der Waals surface area contributed by atoms with Gasteiger partial charge in [-0.2, -0.15) is 0 Å². The predicted octanol–water partition coefficient (Wildman–Crippen LogP) is 2.93. The quantitative estimate of drug-likeness (QED) is 0.793. The van der Waals surface area contributed by atoms with Gasteiger partial charge in [0.25, 0.3) is 0 Å². The highest BCUT2D eigenvalue weighted by molar-refractivity contribution is 5.23. The van der Waals surface area contributed by atoms with Crippen LogP contribution >= 0.6 is 0 Å². The van der Waals surface area contributed by atoms with Crippen molar-refractivity contribution in [2.75, 3.05) is 13.6 Å². The van der Waals surface area contributed by atoms with Crippen LogP contribution in [0.5, 0.6) is 0 Å². The van der Waals surface area contributed by atoms with E-state index in [1.807, 2.05) is 0 Å². The van der Waals surface area contributed by atoms with Gasteiger partial charge in [-0.3, -0.25) is 0 Å². The molecule has 0 aliphatic heterocycles. The van der Waals surface area contributed by atoms with Crippen molar-refractivity contribution in [2.24, 2.45) is 5.41 Å². The number of benzene rings is 1. The Labute approximate surface area is 92.9 Å². The second-order valence-electron chi connectivity index (χ2n) is 5.05. The van der Waals surface area contributed by atoms with Crippen LogP contribution in [-0.4, -0.2) is 13.6 Å². The van der Waals surface area contributed by atoms with Crippen molar-refractivity contribution in [1.29, 1.82) is 0 Å². The van der Waals surface area contributed by atoms with Crippen LogP contribution in [0.15, 0.2) is 24.3 Å². The van der Waals surface area contributed by atoms with Crippen molar-refractivity contribution >= 4 is 0 Å². The SMILES string of the molecule is CNCC1(Cc2ccc(C)cc2)CCC1. The van der Waals surface area contributed by atoms with E-state index in [1.165, 1.54) is 43.4 Å². The number of hydrogen-bond donors (Lipinski definition) is 1. The second kappa shape index (κ2) is 4.36. The summed E-state index contributed by atoms with van der Waals surface area (Å²) in [4.78, 5) is 0. The standard InChI is InChI=1S/C14H21N/c1-12-4-6-13(7-5-12)10-14(11-15-2)8-3-9-14/h4-7,15H,3,8-11H2,1-2H3. The van der Waals surface area contributed by atoms with Gasteiger partial charge >= 0.3 is 0 Å². The van der Waals surface area contributed by atoms with Gasteiger partial charge < -0.3 is 5.32 Å². The van der Waals surface area contributed by atoms with Gasteiger partial charge in [-0.25, -0.2) is 0 Å². The molecule has 1 fully saturated rings. The van der Waals surface area contributed by atoms with Gasteiger partial charge in [0.05, 0.1) is 0 Å². The van der Waals surface area contributed by atoms with Crippen molar-refractivity contribution in [2.45, 2.75) is 32.6 Å². The van der Waals surface area contributed by atoms with E-state index < -0.39 is 0 Å². The van der Waals surface area contributed by atoms with Crippen LogP contribution in [0.2, 0.25) is 0 Å². The molecule has 0 saturated heterocycles. The number of hydrogen-bond acceptors (Lipinski definition) is 1. The summed E-state index contributed by atoms with van der Waals surface area (Å²) in [7, 11) is 2.06. The van der Waals surface area contributed by atoms with E-state index in [1.54, 1.807) is 0 Å². The number of aryl methyl sites for hydroxylation is 1. The lowest BCUT2D eigenvalue weighted by Crippen LogP contribution is -2.40. The molecule has 1 aromatic carbocycles. The highest BCUT2D eigenvalue weighted by Crippen LogP contribution is 2.43. The average Bonchev–Trinajstić information content (AvgIpc) is 2.18. The van der Waals surface area contributed by atoms with Crippen LogP contribution in [0.3, 0.4) is 0 Å². The lowest BCUT2D eigenvalue weighted by molar-refractivity contribution is 0.133. The van der Waals surface area contributed by atoms with Crippen LogP contribution in [0.1, 0.15) is 30.4 Å². The molecule has 0 atom stereocenters. The first-order valence-corrected chi connectivity index (χ1v) is 5.94. The zero-order chi connectivity index (χ0) is 10.7. The second-order valence-corrected chi connectivity index (χ2v) is 5.05. The molecule has 0 heterocycles. The van der Waals surface area contributed by atoms with E-state index in [9.17, 15) is 0 Å². The molecule has 0 amide bonds. The fraction of sp³-hybridized carbons (Fsp3) is 0.571. The summed E-state index contributed by atoms with van der Waals surface area (Å²) < 4.78 is 0. The van der Waals surface area contributed by atoms with Gasteiger partial charge in [0.1, 0.15) is 0 Å². The van der Waals surface area contributed by atoms with Crippen molar-refractivity contribution in [3.8, 4) is 0 Å². The number of rotatable bonds is 4. The van der Waals surface area contributed by atoms with E-state index in [-0.39, 0.29) is 0 Å². The van der Waals surface area contributed by atoms with Crippen molar-refractivity contribution in [1.82, 2.24) is 5.32 Å². The first-order chi connectivity index (χ1) is 7.24. The molecule has 1 N–H and O–H groups in total. The van der Waals surface area contributed by atoms with E-state index >= 15 is 0 Å². The normalized spacial score (nSPS) is 18.5. The summed E-state index contributed by atoms with van der Waals surface area (Å²) in [5.41, 5.74) is 3.41. The average molecular weight is 203 g/mol. The minimum absolute atomic E-state index is 0.560. The Hall–Kier alpha value is -0.820. The van der Waals surface area contributed by atoms with Gasteiger partial charge in [0.2, 0.25) is 0 Å². The molecule has 0 bridgehead atoms. The maximum atomic E-state index is 3.34. The molecule has 1 saturated carbocycles. The molecule has 1 aromatic rings. The molecule has 1 aliphatic rings. The minimum atomic E-state index is 0.560. The monoisotopic (exact) mass is 203 g/mol. The number of nitrogens with one attached hydrogen (secondary N) is 1. The molecule has 1 heteroatoms. The first kappa shape index (κ1) is 10.7. The summed E-state index contributed by atoms with van der Waals surface area (Å²) in [5.74, 6) is 0. The Bertz CT molecular complexity index is 309. The maximum Gasteiger partial charge on any atom is 0.000799 e. The minimum Gasteiger partial charge on any atom is -0.319 e. The molecule has 82 valence electrons. The fourth-order valence-electron chi connectivity index (χ4n) is 2.61. The van der Waals surface area contributed by atoms with Crippen LogP contribution in [0.4, 0.5) is 0 Å². The maximum absolute atomic E-state index is 3.34. The van der Waals surface area contributed by atoms with Crippen LogP contribution < -0.4 is 5.32 Å². The van der Waals surface area contributed by atoms with Gasteiger partial charge in [-0.1, -0.05) is 36.2 Å². The highest BCUT2D eigenvalue weighted by atomic mass is 14.8. The third-order valence-corrected chi connectivity index (χ3v) is 3.67. The molecule has 2 rings (SSSR count). The molecule has 15 heavy (non-hydrogen) atoms. The van der Waals surface area contributed by atoms with E-state index in [4.69, 9.17) is 0 Å². The van der Waals surface area contributed by atoms with E-state index in [0.29, 0.717) is 5.41 Å². The molecule has 1 aliphatic carbocycles. The molecule has 1 nitrogen and oxygen atoms in total. The Balaban J connectivity index is 2.03.